The van der Waals surface area contributed by atoms with Gasteiger partial charge in [-0.25, -0.2) is 0 Å². The SMILES string of the molecule is COc1ccc([N+]#N)c(OC)c1OC. The normalized spacial score (nSPS) is 9.00. The minimum Gasteiger partial charge on any atom is -0.493 e. The third-order valence-corrected chi connectivity index (χ3v) is 1.79. The zero-order chi connectivity index (χ0) is 10.6. The molecule has 0 saturated heterocycles. The van der Waals surface area contributed by atoms with Crippen LogP contribution in [0.15, 0.2) is 12.1 Å². The average Bonchev–Trinajstić information content (AvgIpc) is 2.26. The lowest BCUT2D eigenvalue weighted by molar-refractivity contribution is 0.325. The van der Waals surface area contributed by atoms with Gasteiger partial charge in [0.25, 0.3) is 5.75 Å². The van der Waals surface area contributed by atoms with Gasteiger partial charge in [0.15, 0.2) is 10.7 Å². The van der Waals surface area contributed by atoms with Crippen LogP contribution in [0, 0.1) is 5.39 Å². The van der Waals surface area contributed by atoms with E-state index in [0.29, 0.717) is 22.9 Å². The summed E-state index contributed by atoms with van der Waals surface area (Å²) < 4.78 is 15.2. The molecule has 1 aromatic carbocycles. The van der Waals surface area contributed by atoms with Crippen LogP contribution in [0.4, 0.5) is 5.69 Å². The van der Waals surface area contributed by atoms with Crippen molar-refractivity contribution in [3.8, 4) is 17.2 Å². The smallest absolute Gasteiger partial charge is 0.430 e. The van der Waals surface area contributed by atoms with E-state index < -0.39 is 0 Å². The summed E-state index contributed by atoms with van der Waals surface area (Å²) >= 11 is 0. The first-order valence-electron chi connectivity index (χ1n) is 3.92. The number of methoxy groups -OCH3 is 3. The monoisotopic (exact) mass is 195 g/mol. The maximum absolute atomic E-state index is 8.68. The molecule has 0 heterocycles. The summed E-state index contributed by atoms with van der Waals surface area (Å²) in [6, 6.07) is 3.20. The molecule has 0 atom stereocenters. The van der Waals surface area contributed by atoms with E-state index in [1.54, 1.807) is 12.1 Å². The maximum atomic E-state index is 8.68. The molecule has 0 aliphatic heterocycles. The van der Waals surface area contributed by atoms with Crippen LogP contribution in [0.3, 0.4) is 0 Å². The third-order valence-electron chi connectivity index (χ3n) is 1.79. The number of hydrogen-bond donors (Lipinski definition) is 0. The molecule has 0 N–H and O–H groups in total. The van der Waals surface area contributed by atoms with Gasteiger partial charge in [0, 0.05) is 6.07 Å². The lowest BCUT2D eigenvalue weighted by atomic mass is 10.2. The molecule has 0 aliphatic rings. The highest BCUT2D eigenvalue weighted by Crippen LogP contribution is 2.43. The largest absolute Gasteiger partial charge is 0.493 e. The van der Waals surface area contributed by atoms with Gasteiger partial charge < -0.3 is 14.2 Å². The first kappa shape index (κ1) is 10.1. The van der Waals surface area contributed by atoms with Crippen LogP contribution in [0.1, 0.15) is 0 Å². The lowest BCUT2D eigenvalue weighted by Crippen LogP contribution is -1.94. The minimum atomic E-state index is 0.296. The average molecular weight is 195 g/mol. The minimum absolute atomic E-state index is 0.296. The Bertz CT molecular complexity index is 371. The van der Waals surface area contributed by atoms with Crippen molar-refractivity contribution in [3.63, 3.8) is 0 Å². The molecular weight excluding hydrogens is 184 g/mol. The molecule has 1 rings (SSSR count). The van der Waals surface area contributed by atoms with Crippen molar-refractivity contribution >= 4 is 5.69 Å². The number of ether oxygens (including phenoxy) is 3. The molecule has 0 spiro atoms. The van der Waals surface area contributed by atoms with Crippen LogP contribution in [-0.4, -0.2) is 21.3 Å². The molecule has 0 aromatic heterocycles. The van der Waals surface area contributed by atoms with Crippen molar-refractivity contribution in [2.45, 2.75) is 0 Å². The van der Waals surface area contributed by atoms with Gasteiger partial charge in [0.1, 0.15) is 0 Å². The highest BCUT2D eigenvalue weighted by molar-refractivity contribution is 5.68. The maximum Gasteiger partial charge on any atom is 0.430 e. The molecule has 0 amide bonds. The molecule has 14 heavy (non-hydrogen) atoms. The summed E-state index contributed by atoms with van der Waals surface area (Å²) in [6.07, 6.45) is 0. The van der Waals surface area contributed by atoms with Gasteiger partial charge in [0.2, 0.25) is 11.1 Å². The Morgan fingerprint density at radius 2 is 1.64 bits per heavy atom. The van der Waals surface area contributed by atoms with Gasteiger partial charge in [0.05, 0.1) is 21.3 Å². The lowest BCUT2D eigenvalue weighted by Gasteiger charge is -2.08. The fourth-order valence-corrected chi connectivity index (χ4v) is 1.16. The van der Waals surface area contributed by atoms with Gasteiger partial charge >= 0.3 is 5.69 Å². The van der Waals surface area contributed by atoms with E-state index >= 15 is 0 Å². The molecule has 0 fully saturated rings. The van der Waals surface area contributed by atoms with E-state index in [-0.39, 0.29) is 0 Å². The molecule has 0 radical (unpaired) electrons. The van der Waals surface area contributed by atoms with Gasteiger partial charge in [-0.1, -0.05) is 0 Å². The predicted octanol–water partition coefficient (Wildman–Crippen LogP) is 2.20. The number of rotatable bonds is 3. The van der Waals surface area contributed by atoms with E-state index in [1.807, 2.05) is 0 Å². The van der Waals surface area contributed by atoms with Crippen LogP contribution in [-0.2, 0) is 0 Å². The fourth-order valence-electron chi connectivity index (χ4n) is 1.16. The molecule has 0 unspecified atom stereocenters. The first-order valence-corrected chi connectivity index (χ1v) is 3.92. The first-order chi connectivity index (χ1) is 6.78. The molecule has 1 aromatic rings. The van der Waals surface area contributed by atoms with E-state index in [4.69, 9.17) is 19.6 Å². The number of hydrogen-bond acceptors (Lipinski definition) is 4. The van der Waals surface area contributed by atoms with Crippen molar-refractivity contribution in [2.24, 2.45) is 0 Å². The topological polar surface area (TPSA) is 55.8 Å². The second kappa shape index (κ2) is 4.33. The Morgan fingerprint density at radius 3 is 2.07 bits per heavy atom. The Morgan fingerprint density at radius 1 is 1.00 bits per heavy atom. The van der Waals surface area contributed by atoms with Gasteiger partial charge in [-0.2, -0.15) is 0 Å². The van der Waals surface area contributed by atoms with Gasteiger partial charge in [-0.3, -0.25) is 0 Å². The van der Waals surface area contributed by atoms with Gasteiger partial charge in [-0.05, 0) is 6.07 Å². The van der Waals surface area contributed by atoms with Crippen LogP contribution in [0.25, 0.3) is 4.98 Å². The van der Waals surface area contributed by atoms with Crippen molar-refractivity contribution < 1.29 is 14.2 Å². The quantitative estimate of drug-likeness (QED) is 0.694. The zero-order valence-electron chi connectivity index (χ0n) is 8.27. The van der Waals surface area contributed by atoms with Crippen molar-refractivity contribution in [2.75, 3.05) is 21.3 Å². The van der Waals surface area contributed by atoms with Crippen molar-refractivity contribution in [1.82, 2.24) is 0 Å². The fraction of sp³-hybridized carbons (Fsp3) is 0.333. The Hall–Kier alpha value is -1.96. The Labute approximate surface area is 81.8 Å². The van der Waals surface area contributed by atoms with Crippen LogP contribution >= 0.6 is 0 Å². The molecule has 5 nitrogen and oxygen atoms in total. The van der Waals surface area contributed by atoms with E-state index in [1.165, 1.54) is 21.3 Å². The Kier molecular flexibility index (Phi) is 3.13. The molecule has 0 aliphatic carbocycles. The highest BCUT2D eigenvalue weighted by atomic mass is 16.5. The van der Waals surface area contributed by atoms with E-state index in [0.717, 1.165) is 0 Å². The number of diazo groups is 1. The molecular formula is C9H11N2O3+. The summed E-state index contributed by atoms with van der Waals surface area (Å²) in [5.74, 6) is 1.27. The van der Waals surface area contributed by atoms with Gasteiger partial charge in [-0.15, -0.1) is 0 Å². The van der Waals surface area contributed by atoms with Crippen molar-refractivity contribution in [1.29, 1.82) is 5.39 Å². The molecule has 0 bridgehead atoms. The van der Waals surface area contributed by atoms with Crippen LogP contribution in [0.5, 0.6) is 17.2 Å². The second-order valence-corrected chi connectivity index (χ2v) is 2.45. The Balaban J connectivity index is 3.38. The summed E-state index contributed by atoms with van der Waals surface area (Å²) in [6.45, 7) is 0. The second-order valence-electron chi connectivity index (χ2n) is 2.45. The third kappa shape index (κ3) is 1.55. The van der Waals surface area contributed by atoms with E-state index in [2.05, 4.69) is 4.98 Å². The zero-order valence-corrected chi connectivity index (χ0v) is 8.27. The molecule has 0 saturated carbocycles. The standard InChI is InChI=1S/C9H11N2O3/c1-12-7-5-4-6(11-10)8(13-2)9(7)14-3/h4-5H,1-3H3/q+1. The molecule has 5 heteroatoms. The molecule has 74 valence electrons. The number of benzene rings is 1. The summed E-state index contributed by atoms with van der Waals surface area (Å²) in [5.41, 5.74) is 0.296. The predicted molar refractivity (Wildman–Crippen MR) is 50.8 cm³/mol. The van der Waals surface area contributed by atoms with Crippen molar-refractivity contribution in [3.05, 3.63) is 17.1 Å². The summed E-state index contributed by atoms with van der Waals surface area (Å²) in [4.78, 5) is 3.06. The number of nitrogens with zero attached hydrogens (tertiary/aromatic N) is 2. The van der Waals surface area contributed by atoms with Crippen LogP contribution in [0.2, 0.25) is 0 Å². The van der Waals surface area contributed by atoms with Crippen LogP contribution < -0.4 is 14.2 Å². The summed E-state index contributed by atoms with van der Waals surface area (Å²) in [5, 5.41) is 8.68. The summed E-state index contributed by atoms with van der Waals surface area (Å²) in [7, 11) is 4.47. The van der Waals surface area contributed by atoms with E-state index in [9.17, 15) is 0 Å². The highest BCUT2D eigenvalue weighted by Gasteiger charge is 2.23.